The van der Waals surface area contributed by atoms with Crippen LogP contribution in [0.25, 0.3) is 0 Å². The Morgan fingerprint density at radius 3 is 3.00 bits per heavy atom. The Hall–Kier alpha value is -1.38. The predicted octanol–water partition coefficient (Wildman–Crippen LogP) is -0.0278. The van der Waals surface area contributed by atoms with Gasteiger partial charge < -0.3 is 5.21 Å². The average molecular weight is 136 g/mol. The first kappa shape index (κ1) is 6.74. The molecule has 0 aliphatic heterocycles. The molecule has 0 spiro atoms. The summed E-state index contributed by atoms with van der Waals surface area (Å²) in [6.45, 7) is 0. The van der Waals surface area contributed by atoms with Crippen LogP contribution in [0.4, 0.5) is 0 Å². The summed E-state index contributed by atoms with van der Waals surface area (Å²) in [5.74, 6) is 0. The summed E-state index contributed by atoms with van der Waals surface area (Å²) in [4.78, 5) is 9.85. The third-order valence-electron chi connectivity index (χ3n) is 1.16. The molecule has 0 saturated heterocycles. The van der Waals surface area contributed by atoms with Gasteiger partial charge in [-0.2, -0.15) is 4.73 Å². The van der Waals surface area contributed by atoms with Crippen molar-refractivity contribution in [2.24, 2.45) is 0 Å². The monoisotopic (exact) mass is 136 g/mol. The molecular formula is C7H6NO2. The summed E-state index contributed by atoms with van der Waals surface area (Å²) in [6.07, 6.45) is 3.07. The van der Waals surface area contributed by atoms with Crippen molar-refractivity contribution >= 4 is 6.29 Å². The molecule has 1 rings (SSSR count). The third-order valence-corrected chi connectivity index (χ3v) is 1.16. The van der Waals surface area contributed by atoms with Crippen LogP contribution in [0.15, 0.2) is 24.4 Å². The Morgan fingerprint density at radius 1 is 1.60 bits per heavy atom. The Labute approximate surface area is 58.5 Å². The zero-order valence-corrected chi connectivity index (χ0v) is 5.28. The molecule has 1 radical (unpaired) electrons. The molecule has 1 aromatic rings. The largest absolute Gasteiger partial charge is 0.618 e. The molecule has 0 saturated carbocycles. The van der Waals surface area contributed by atoms with E-state index in [1.54, 1.807) is 24.5 Å². The van der Waals surface area contributed by atoms with Crippen molar-refractivity contribution in [1.29, 1.82) is 0 Å². The number of hydrogen-bond acceptors (Lipinski definition) is 2. The van der Waals surface area contributed by atoms with E-state index in [0.29, 0.717) is 10.4 Å². The van der Waals surface area contributed by atoms with Crippen LogP contribution in [0, 0.1) is 5.21 Å². The SMILES string of the molecule is O=[C]Cc1cccc[n+]1[O-]. The number of hydrogen-bond donors (Lipinski definition) is 0. The molecule has 1 heterocycles. The lowest BCUT2D eigenvalue weighted by molar-refractivity contribution is -0.613. The number of rotatable bonds is 2. The molecule has 3 heteroatoms. The quantitative estimate of drug-likeness (QED) is 0.423. The van der Waals surface area contributed by atoms with Crippen LogP contribution in [0.2, 0.25) is 0 Å². The fraction of sp³-hybridized carbons (Fsp3) is 0.143. The van der Waals surface area contributed by atoms with Crippen LogP contribution in [0.1, 0.15) is 5.69 Å². The fourth-order valence-electron chi connectivity index (χ4n) is 0.674. The maximum absolute atomic E-state index is 10.7. The van der Waals surface area contributed by atoms with Crippen LogP contribution >= 0.6 is 0 Å². The first-order valence-electron chi connectivity index (χ1n) is 2.86. The number of nitrogens with zero attached hydrogens (tertiary/aromatic N) is 1. The first-order chi connectivity index (χ1) is 4.84. The molecule has 51 valence electrons. The van der Waals surface area contributed by atoms with Crippen molar-refractivity contribution in [3.05, 3.63) is 35.3 Å². The summed E-state index contributed by atoms with van der Waals surface area (Å²) in [5.41, 5.74) is 0.428. The van der Waals surface area contributed by atoms with E-state index < -0.39 is 0 Å². The summed E-state index contributed by atoms with van der Waals surface area (Å²) in [7, 11) is 0. The van der Waals surface area contributed by atoms with Crippen LogP contribution in [0.3, 0.4) is 0 Å². The maximum atomic E-state index is 10.7. The van der Waals surface area contributed by atoms with Crippen LogP contribution in [-0.4, -0.2) is 6.29 Å². The molecular weight excluding hydrogens is 130 g/mol. The molecule has 0 N–H and O–H groups in total. The van der Waals surface area contributed by atoms with Gasteiger partial charge in [0.1, 0.15) is 6.42 Å². The highest BCUT2D eigenvalue weighted by molar-refractivity contribution is 5.53. The molecule has 0 amide bonds. The molecule has 0 atom stereocenters. The van der Waals surface area contributed by atoms with Gasteiger partial charge in [-0.1, -0.05) is 0 Å². The van der Waals surface area contributed by atoms with Crippen LogP contribution in [0.5, 0.6) is 0 Å². The minimum Gasteiger partial charge on any atom is -0.618 e. The van der Waals surface area contributed by atoms with Crippen molar-refractivity contribution in [1.82, 2.24) is 0 Å². The summed E-state index contributed by atoms with van der Waals surface area (Å²) >= 11 is 0. The van der Waals surface area contributed by atoms with E-state index in [1.807, 2.05) is 0 Å². The Balaban J connectivity index is 2.91. The second-order valence-corrected chi connectivity index (χ2v) is 1.84. The maximum Gasteiger partial charge on any atom is 0.209 e. The molecule has 3 nitrogen and oxygen atoms in total. The molecule has 0 aromatic carbocycles. The van der Waals surface area contributed by atoms with E-state index in [9.17, 15) is 10.0 Å². The van der Waals surface area contributed by atoms with E-state index in [4.69, 9.17) is 0 Å². The van der Waals surface area contributed by atoms with E-state index in [-0.39, 0.29) is 6.42 Å². The van der Waals surface area contributed by atoms with E-state index in [0.717, 1.165) is 0 Å². The van der Waals surface area contributed by atoms with E-state index in [2.05, 4.69) is 0 Å². The van der Waals surface area contributed by atoms with Crippen molar-refractivity contribution in [3.63, 3.8) is 0 Å². The van der Waals surface area contributed by atoms with Gasteiger partial charge in [-0.3, -0.25) is 4.79 Å². The zero-order chi connectivity index (χ0) is 7.40. The van der Waals surface area contributed by atoms with Crippen molar-refractivity contribution < 1.29 is 9.52 Å². The van der Waals surface area contributed by atoms with Gasteiger partial charge in [0.05, 0.1) is 0 Å². The van der Waals surface area contributed by atoms with Gasteiger partial charge in [-0.15, -0.1) is 0 Å². The van der Waals surface area contributed by atoms with Crippen LogP contribution < -0.4 is 4.73 Å². The zero-order valence-electron chi connectivity index (χ0n) is 5.28. The number of carbonyl (C=O) groups excluding carboxylic acids is 1. The topological polar surface area (TPSA) is 44.0 Å². The van der Waals surface area contributed by atoms with Gasteiger partial charge in [-0.05, 0) is 6.07 Å². The summed E-state index contributed by atoms with van der Waals surface area (Å²) < 4.78 is 0.658. The first-order valence-corrected chi connectivity index (χ1v) is 2.86. The van der Waals surface area contributed by atoms with Crippen LogP contribution in [-0.2, 0) is 11.2 Å². The second-order valence-electron chi connectivity index (χ2n) is 1.84. The number of aromatic nitrogens is 1. The van der Waals surface area contributed by atoms with Gasteiger partial charge >= 0.3 is 0 Å². The lowest BCUT2D eigenvalue weighted by atomic mass is 10.3. The van der Waals surface area contributed by atoms with Gasteiger partial charge in [0.25, 0.3) is 0 Å². The summed E-state index contributed by atoms with van der Waals surface area (Å²) in [5, 5.41) is 10.7. The smallest absolute Gasteiger partial charge is 0.209 e. The van der Waals surface area contributed by atoms with Gasteiger partial charge in [0, 0.05) is 12.1 Å². The van der Waals surface area contributed by atoms with Crippen molar-refractivity contribution in [2.45, 2.75) is 6.42 Å². The standard InChI is InChI=1S/C7H6NO2/c9-6-4-7-3-1-2-5-8(7)10/h1-3,5H,4H2. The summed E-state index contributed by atoms with van der Waals surface area (Å²) in [6, 6.07) is 4.92. The highest BCUT2D eigenvalue weighted by atomic mass is 16.5. The molecule has 0 aliphatic rings. The Morgan fingerprint density at radius 2 is 2.40 bits per heavy atom. The van der Waals surface area contributed by atoms with Crippen molar-refractivity contribution in [2.75, 3.05) is 0 Å². The normalized spacial score (nSPS) is 9.20. The van der Waals surface area contributed by atoms with Gasteiger partial charge in [0.15, 0.2) is 6.20 Å². The van der Waals surface area contributed by atoms with Gasteiger partial charge in [-0.25, -0.2) is 0 Å². The lowest BCUT2D eigenvalue weighted by Crippen LogP contribution is -2.30. The molecule has 0 fully saturated rings. The third kappa shape index (κ3) is 1.31. The minimum atomic E-state index is 0.0599. The molecule has 0 aliphatic carbocycles. The number of pyridine rings is 1. The predicted molar refractivity (Wildman–Crippen MR) is 34.8 cm³/mol. The molecule has 0 unspecified atom stereocenters. The highest BCUT2D eigenvalue weighted by Crippen LogP contribution is 1.88. The molecule has 10 heavy (non-hydrogen) atoms. The Kier molecular flexibility index (Phi) is 1.99. The molecule has 1 aromatic heterocycles. The average Bonchev–Trinajstić information content (AvgIpc) is 1.94. The van der Waals surface area contributed by atoms with E-state index >= 15 is 0 Å². The highest BCUT2D eigenvalue weighted by Gasteiger charge is 2.00. The van der Waals surface area contributed by atoms with Gasteiger partial charge in [0.2, 0.25) is 12.0 Å². The Bertz CT molecular complexity index is 235. The van der Waals surface area contributed by atoms with E-state index in [1.165, 1.54) is 6.20 Å². The second kappa shape index (κ2) is 2.96. The lowest BCUT2D eigenvalue weighted by Gasteiger charge is -1.97. The fourth-order valence-corrected chi connectivity index (χ4v) is 0.674. The van der Waals surface area contributed by atoms with Crippen molar-refractivity contribution in [3.8, 4) is 0 Å². The minimum absolute atomic E-state index is 0.0599. The molecule has 0 bridgehead atoms.